The molecule has 0 aromatic carbocycles. The molecule has 2 atom stereocenters. The molecule has 2 fully saturated rings. The molecule has 2 aliphatic rings. The lowest BCUT2D eigenvalue weighted by Gasteiger charge is -2.43. The first-order valence-electron chi connectivity index (χ1n) is 7.28. The van der Waals surface area contributed by atoms with E-state index in [1.165, 1.54) is 44.9 Å². The van der Waals surface area contributed by atoms with E-state index in [0.717, 1.165) is 18.9 Å². The first kappa shape index (κ1) is 13.3. The smallest absolute Gasteiger partial charge is 0.0765 e. The first-order valence-corrected chi connectivity index (χ1v) is 7.28. The van der Waals surface area contributed by atoms with Crippen LogP contribution in [0.1, 0.15) is 51.4 Å². The molecule has 0 aliphatic heterocycles. The Morgan fingerprint density at radius 2 is 2.12 bits per heavy atom. The van der Waals surface area contributed by atoms with Crippen LogP contribution >= 0.6 is 0 Å². The van der Waals surface area contributed by atoms with Crippen molar-refractivity contribution in [3.8, 4) is 0 Å². The number of nitrogens with two attached hydrogens (primary N) is 1. The van der Waals surface area contributed by atoms with Gasteiger partial charge in [0, 0.05) is 13.7 Å². The van der Waals surface area contributed by atoms with E-state index in [-0.39, 0.29) is 5.54 Å². The molecule has 0 radical (unpaired) electrons. The topological polar surface area (TPSA) is 47.3 Å². The summed E-state index contributed by atoms with van der Waals surface area (Å²) in [6.07, 6.45) is 10.8. The molecule has 0 aromatic heterocycles. The zero-order chi connectivity index (χ0) is 12.1. The van der Waals surface area contributed by atoms with Gasteiger partial charge in [0.25, 0.3) is 0 Å². The number of rotatable bonds is 7. The maximum absolute atomic E-state index is 6.02. The first-order chi connectivity index (χ1) is 8.30. The van der Waals surface area contributed by atoms with Crippen LogP contribution in [0.2, 0.25) is 0 Å². The van der Waals surface area contributed by atoms with E-state index in [2.05, 4.69) is 5.32 Å². The minimum absolute atomic E-state index is 0.0521. The SMILES string of the molecule is COC1CCCCC1(CN)NCCCC1CC1. The van der Waals surface area contributed by atoms with Gasteiger partial charge in [0.05, 0.1) is 11.6 Å². The molecule has 2 saturated carbocycles. The Hall–Kier alpha value is -0.120. The molecule has 3 N–H and O–H groups in total. The van der Waals surface area contributed by atoms with E-state index in [1.54, 1.807) is 0 Å². The van der Waals surface area contributed by atoms with Crippen molar-refractivity contribution in [3.05, 3.63) is 0 Å². The van der Waals surface area contributed by atoms with Crippen molar-refractivity contribution >= 4 is 0 Å². The summed E-state index contributed by atoms with van der Waals surface area (Å²) in [7, 11) is 1.83. The van der Waals surface area contributed by atoms with E-state index in [9.17, 15) is 0 Å². The number of ether oxygens (including phenoxy) is 1. The number of hydrogen-bond donors (Lipinski definition) is 2. The van der Waals surface area contributed by atoms with E-state index in [1.807, 2.05) is 7.11 Å². The average Bonchev–Trinajstić information content (AvgIpc) is 3.19. The van der Waals surface area contributed by atoms with Gasteiger partial charge in [-0.25, -0.2) is 0 Å². The summed E-state index contributed by atoms with van der Waals surface area (Å²) in [5, 5.41) is 3.72. The highest BCUT2D eigenvalue weighted by atomic mass is 16.5. The van der Waals surface area contributed by atoms with Crippen LogP contribution in [0.3, 0.4) is 0 Å². The maximum Gasteiger partial charge on any atom is 0.0765 e. The molecule has 0 bridgehead atoms. The fourth-order valence-electron chi connectivity index (χ4n) is 3.19. The molecule has 17 heavy (non-hydrogen) atoms. The summed E-state index contributed by atoms with van der Waals surface area (Å²) >= 11 is 0. The quantitative estimate of drug-likeness (QED) is 0.670. The highest BCUT2D eigenvalue weighted by molar-refractivity contribution is 4.99. The maximum atomic E-state index is 6.02. The molecular formula is C14H28N2O. The molecule has 0 saturated heterocycles. The second-order valence-corrected chi connectivity index (χ2v) is 5.84. The van der Waals surface area contributed by atoms with Gasteiger partial charge in [-0.3, -0.25) is 0 Å². The van der Waals surface area contributed by atoms with Gasteiger partial charge in [-0.15, -0.1) is 0 Å². The second kappa shape index (κ2) is 6.17. The summed E-state index contributed by atoms with van der Waals surface area (Å²) in [6.45, 7) is 1.81. The van der Waals surface area contributed by atoms with Gasteiger partial charge in [0.15, 0.2) is 0 Å². The van der Waals surface area contributed by atoms with Crippen LogP contribution in [-0.4, -0.2) is 31.8 Å². The molecular weight excluding hydrogens is 212 g/mol. The third kappa shape index (κ3) is 3.43. The normalized spacial score (nSPS) is 33.9. The molecule has 3 nitrogen and oxygen atoms in total. The molecule has 2 unspecified atom stereocenters. The summed E-state index contributed by atoms with van der Waals surface area (Å²) in [5.74, 6) is 1.04. The van der Waals surface area contributed by atoms with Crippen LogP contribution in [0.5, 0.6) is 0 Å². The van der Waals surface area contributed by atoms with Crippen molar-refractivity contribution in [1.82, 2.24) is 5.32 Å². The molecule has 100 valence electrons. The standard InChI is InChI=1S/C14H28N2O/c1-17-13-6-2-3-9-14(13,11-15)16-10-4-5-12-7-8-12/h12-13,16H,2-11,15H2,1H3. The van der Waals surface area contributed by atoms with Crippen LogP contribution < -0.4 is 11.1 Å². The van der Waals surface area contributed by atoms with Crippen molar-refractivity contribution < 1.29 is 4.74 Å². The Balaban J connectivity index is 1.78. The van der Waals surface area contributed by atoms with Gasteiger partial charge in [-0.2, -0.15) is 0 Å². The van der Waals surface area contributed by atoms with Crippen LogP contribution in [0, 0.1) is 5.92 Å². The molecule has 0 heterocycles. The predicted molar refractivity (Wildman–Crippen MR) is 71.0 cm³/mol. The van der Waals surface area contributed by atoms with Gasteiger partial charge in [0.1, 0.15) is 0 Å². The lowest BCUT2D eigenvalue weighted by atomic mass is 9.79. The Labute approximate surface area is 105 Å². The number of methoxy groups -OCH3 is 1. The van der Waals surface area contributed by atoms with E-state index >= 15 is 0 Å². The summed E-state index contributed by atoms with van der Waals surface area (Å²) in [5.41, 5.74) is 6.07. The van der Waals surface area contributed by atoms with E-state index in [0.29, 0.717) is 12.6 Å². The van der Waals surface area contributed by atoms with Crippen LogP contribution in [0.4, 0.5) is 0 Å². The fraction of sp³-hybridized carbons (Fsp3) is 1.00. The van der Waals surface area contributed by atoms with Gasteiger partial charge in [0.2, 0.25) is 0 Å². The van der Waals surface area contributed by atoms with Crippen molar-refractivity contribution in [3.63, 3.8) is 0 Å². The summed E-state index contributed by atoms with van der Waals surface area (Å²) < 4.78 is 5.65. The molecule has 0 aromatic rings. The van der Waals surface area contributed by atoms with Crippen molar-refractivity contribution in [2.24, 2.45) is 11.7 Å². The second-order valence-electron chi connectivity index (χ2n) is 5.84. The molecule has 3 heteroatoms. The highest BCUT2D eigenvalue weighted by Crippen LogP contribution is 2.34. The molecule has 2 aliphatic carbocycles. The Morgan fingerprint density at radius 1 is 1.29 bits per heavy atom. The van der Waals surface area contributed by atoms with Crippen molar-refractivity contribution in [2.75, 3.05) is 20.2 Å². The minimum Gasteiger partial charge on any atom is -0.379 e. The molecule has 0 amide bonds. The van der Waals surface area contributed by atoms with E-state index in [4.69, 9.17) is 10.5 Å². The lowest BCUT2D eigenvalue weighted by molar-refractivity contribution is -0.00848. The van der Waals surface area contributed by atoms with Gasteiger partial charge >= 0.3 is 0 Å². The zero-order valence-corrected chi connectivity index (χ0v) is 11.2. The van der Waals surface area contributed by atoms with Crippen molar-refractivity contribution in [1.29, 1.82) is 0 Å². The Bertz CT molecular complexity index is 230. The highest BCUT2D eigenvalue weighted by Gasteiger charge is 2.39. The summed E-state index contributed by atoms with van der Waals surface area (Å²) in [6, 6.07) is 0. The summed E-state index contributed by atoms with van der Waals surface area (Å²) in [4.78, 5) is 0. The van der Waals surface area contributed by atoms with Gasteiger partial charge in [-0.05, 0) is 38.1 Å². The van der Waals surface area contributed by atoms with Crippen LogP contribution in [0.25, 0.3) is 0 Å². The van der Waals surface area contributed by atoms with Crippen molar-refractivity contribution in [2.45, 2.75) is 63.0 Å². The predicted octanol–water partition coefficient (Wildman–Crippen LogP) is 2.05. The Morgan fingerprint density at radius 3 is 2.76 bits per heavy atom. The largest absolute Gasteiger partial charge is 0.379 e. The lowest BCUT2D eigenvalue weighted by Crippen LogP contribution is -2.61. The third-order valence-corrected chi connectivity index (χ3v) is 4.57. The van der Waals surface area contributed by atoms with Crippen LogP contribution in [0.15, 0.2) is 0 Å². The number of hydrogen-bond acceptors (Lipinski definition) is 3. The van der Waals surface area contributed by atoms with Gasteiger partial charge in [-0.1, -0.05) is 25.7 Å². The van der Waals surface area contributed by atoms with Crippen LogP contribution in [-0.2, 0) is 4.74 Å². The molecule has 0 spiro atoms. The minimum atomic E-state index is 0.0521. The Kier molecular flexibility index (Phi) is 4.83. The molecule has 2 rings (SSSR count). The van der Waals surface area contributed by atoms with Gasteiger partial charge < -0.3 is 15.8 Å². The monoisotopic (exact) mass is 240 g/mol. The number of nitrogens with one attached hydrogen (secondary N) is 1. The average molecular weight is 240 g/mol. The van der Waals surface area contributed by atoms with E-state index < -0.39 is 0 Å². The zero-order valence-electron chi connectivity index (χ0n) is 11.2. The fourth-order valence-corrected chi connectivity index (χ4v) is 3.19. The third-order valence-electron chi connectivity index (χ3n) is 4.57.